The molecule has 0 bridgehead atoms. The first-order chi connectivity index (χ1) is 20.5. The monoisotopic (exact) mass is 593 g/mol. The highest BCUT2D eigenvalue weighted by molar-refractivity contribution is 5.89. The van der Waals surface area contributed by atoms with Crippen LogP contribution in [0.25, 0.3) is 16.3 Å². The predicted octanol–water partition coefficient (Wildman–Crippen LogP) is 9.95. The largest absolute Gasteiger partial charge is 0.484 e. The fourth-order valence-electron chi connectivity index (χ4n) is 4.45. The lowest BCUT2D eigenvalue weighted by molar-refractivity contribution is -0.154. The van der Waals surface area contributed by atoms with Crippen LogP contribution < -0.4 is 14.4 Å². The number of rotatable bonds is 9. The third-order valence-electron chi connectivity index (χ3n) is 6.44. The van der Waals surface area contributed by atoms with Crippen molar-refractivity contribution in [3.05, 3.63) is 139 Å². The first kappa shape index (κ1) is 29.6. The van der Waals surface area contributed by atoms with Crippen LogP contribution in [0.4, 0.5) is 37.7 Å². The molecule has 0 amide bonds. The highest BCUT2D eigenvalue weighted by Gasteiger charge is 2.29. The molecule has 0 unspecified atom stereocenters. The third kappa shape index (κ3) is 8.09. The lowest BCUT2D eigenvalue weighted by Gasteiger charge is -2.24. The van der Waals surface area contributed by atoms with Crippen LogP contribution in [0, 0.1) is 0 Å². The molecule has 5 aromatic carbocycles. The standard InChI is InChI=1S/C34H25F6NO2/c35-33(36,37)22-42-30-16-11-25(12-17-30)32(26-13-18-31(19-14-26)43-23-34(38,39)40)21-41(28-8-2-1-3-9-28)29-15-10-24-6-4-5-7-27(24)20-29/h1-21H,22-23H2. The molecule has 0 aliphatic rings. The van der Waals surface area contributed by atoms with Gasteiger partial charge in [0, 0.05) is 23.1 Å². The Morgan fingerprint density at radius 2 is 1.02 bits per heavy atom. The summed E-state index contributed by atoms with van der Waals surface area (Å²) < 4.78 is 85.8. The van der Waals surface area contributed by atoms with Crippen molar-refractivity contribution in [2.75, 3.05) is 18.1 Å². The maximum absolute atomic E-state index is 12.7. The third-order valence-corrected chi connectivity index (χ3v) is 6.44. The Hall–Kier alpha value is -4.92. The van der Waals surface area contributed by atoms with Gasteiger partial charge >= 0.3 is 12.4 Å². The quantitative estimate of drug-likeness (QED) is 0.159. The second-order valence-electron chi connectivity index (χ2n) is 9.64. The van der Waals surface area contributed by atoms with Crippen LogP contribution in [-0.2, 0) is 0 Å². The fraction of sp³-hybridized carbons (Fsp3) is 0.118. The molecule has 5 rings (SSSR count). The van der Waals surface area contributed by atoms with E-state index in [4.69, 9.17) is 9.47 Å². The molecule has 0 saturated heterocycles. The molecule has 0 radical (unpaired) electrons. The lowest BCUT2D eigenvalue weighted by Crippen LogP contribution is -2.19. The van der Waals surface area contributed by atoms with Crippen LogP contribution in [0.3, 0.4) is 0 Å². The van der Waals surface area contributed by atoms with E-state index in [0.717, 1.165) is 22.1 Å². The smallest absolute Gasteiger partial charge is 0.422 e. The summed E-state index contributed by atoms with van der Waals surface area (Å²) in [7, 11) is 0. The maximum atomic E-state index is 12.7. The minimum absolute atomic E-state index is 0.0470. The zero-order chi connectivity index (χ0) is 30.5. The molecule has 9 heteroatoms. The highest BCUT2D eigenvalue weighted by Crippen LogP contribution is 2.34. The summed E-state index contributed by atoms with van der Waals surface area (Å²) >= 11 is 0. The molecule has 0 atom stereocenters. The Kier molecular flexibility index (Phi) is 8.61. The number of anilines is 2. The van der Waals surface area contributed by atoms with Crippen LogP contribution >= 0.6 is 0 Å². The van der Waals surface area contributed by atoms with Crippen molar-refractivity contribution >= 4 is 27.7 Å². The molecule has 0 fully saturated rings. The second-order valence-corrected chi connectivity index (χ2v) is 9.64. The minimum atomic E-state index is -4.48. The number of benzene rings is 5. The number of hydrogen-bond donors (Lipinski definition) is 0. The highest BCUT2D eigenvalue weighted by atomic mass is 19.4. The average Bonchev–Trinajstić information content (AvgIpc) is 3.00. The van der Waals surface area contributed by atoms with Gasteiger partial charge in [-0.25, -0.2) is 0 Å². The number of ether oxygens (including phenoxy) is 2. The van der Waals surface area contributed by atoms with E-state index >= 15 is 0 Å². The maximum Gasteiger partial charge on any atom is 0.422 e. The molecule has 0 aliphatic heterocycles. The van der Waals surface area contributed by atoms with Crippen LogP contribution in [0.2, 0.25) is 0 Å². The summed E-state index contributed by atoms with van der Waals surface area (Å²) in [6.07, 6.45) is -7.07. The molecule has 0 aliphatic carbocycles. The molecule has 0 saturated carbocycles. The SMILES string of the molecule is FC(F)(F)COc1ccc(C(=CN(c2ccccc2)c2ccc3ccccc3c2)c2ccc(OCC(F)(F)F)cc2)cc1. The van der Waals surface area contributed by atoms with Crippen LogP contribution in [0.5, 0.6) is 11.5 Å². The van der Waals surface area contributed by atoms with Gasteiger partial charge in [0.2, 0.25) is 0 Å². The molecule has 220 valence electrons. The molecule has 3 nitrogen and oxygen atoms in total. The molecule has 0 N–H and O–H groups in total. The van der Waals surface area contributed by atoms with Crippen molar-refractivity contribution in [3.63, 3.8) is 0 Å². The first-order valence-corrected chi connectivity index (χ1v) is 13.2. The van der Waals surface area contributed by atoms with Gasteiger partial charge in [-0.2, -0.15) is 26.3 Å². The number of halogens is 6. The summed E-state index contributed by atoms with van der Waals surface area (Å²) in [5.74, 6) is 0.0940. The Balaban J connectivity index is 1.59. The molecular formula is C34H25F6NO2. The van der Waals surface area contributed by atoms with Gasteiger partial charge in [0.1, 0.15) is 11.5 Å². The number of nitrogens with zero attached hydrogens (tertiary/aromatic N) is 1. The second kappa shape index (κ2) is 12.5. The average molecular weight is 594 g/mol. The zero-order valence-electron chi connectivity index (χ0n) is 22.6. The molecule has 5 aromatic rings. The van der Waals surface area contributed by atoms with E-state index in [0.29, 0.717) is 16.7 Å². The van der Waals surface area contributed by atoms with Gasteiger partial charge in [0.25, 0.3) is 0 Å². The molecule has 0 spiro atoms. The number of para-hydroxylation sites is 1. The number of fused-ring (bicyclic) bond motifs is 1. The van der Waals surface area contributed by atoms with Gasteiger partial charge < -0.3 is 14.4 Å². The first-order valence-electron chi connectivity index (χ1n) is 13.2. The van der Waals surface area contributed by atoms with Gasteiger partial charge in [0.15, 0.2) is 13.2 Å². The summed E-state index contributed by atoms with van der Waals surface area (Å²) in [4.78, 5) is 1.98. The van der Waals surface area contributed by atoms with E-state index < -0.39 is 25.6 Å². The topological polar surface area (TPSA) is 21.7 Å². The fourth-order valence-corrected chi connectivity index (χ4v) is 4.45. The van der Waals surface area contributed by atoms with E-state index in [1.807, 2.05) is 83.9 Å². The van der Waals surface area contributed by atoms with Crippen molar-refractivity contribution in [1.82, 2.24) is 0 Å². The van der Waals surface area contributed by atoms with E-state index in [1.54, 1.807) is 24.3 Å². The van der Waals surface area contributed by atoms with Crippen LogP contribution in [0.1, 0.15) is 11.1 Å². The Morgan fingerprint density at radius 1 is 0.535 bits per heavy atom. The van der Waals surface area contributed by atoms with E-state index in [-0.39, 0.29) is 11.5 Å². The lowest BCUT2D eigenvalue weighted by atomic mass is 9.98. The van der Waals surface area contributed by atoms with Crippen molar-refractivity contribution in [1.29, 1.82) is 0 Å². The van der Waals surface area contributed by atoms with Crippen molar-refractivity contribution in [2.45, 2.75) is 12.4 Å². The summed E-state index contributed by atoms with van der Waals surface area (Å²) in [6.45, 7) is -2.84. The Morgan fingerprint density at radius 3 is 1.53 bits per heavy atom. The summed E-state index contributed by atoms with van der Waals surface area (Å²) in [5.41, 5.74) is 3.63. The van der Waals surface area contributed by atoms with E-state index in [9.17, 15) is 26.3 Å². The van der Waals surface area contributed by atoms with Gasteiger partial charge in [-0.3, -0.25) is 0 Å². The molecule has 0 heterocycles. The predicted molar refractivity (Wildman–Crippen MR) is 156 cm³/mol. The Labute approximate surface area is 244 Å². The van der Waals surface area contributed by atoms with E-state index in [2.05, 4.69) is 0 Å². The normalized spacial score (nSPS) is 11.7. The Bertz CT molecular complexity index is 1620. The van der Waals surface area contributed by atoms with Gasteiger partial charge in [-0.15, -0.1) is 0 Å². The van der Waals surface area contributed by atoms with Gasteiger partial charge in [-0.1, -0.05) is 72.8 Å². The van der Waals surface area contributed by atoms with Crippen LogP contribution in [-0.4, -0.2) is 25.6 Å². The summed E-state index contributed by atoms with van der Waals surface area (Å²) in [6, 6.07) is 35.8. The van der Waals surface area contributed by atoms with Crippen molar-refractivity contribution in [3.8, 4) is 11.5 Å². The van der Waals surface area contributed by atoms with Gasteiger partial charge in [0.05, 0.1) is 0 Å². The molecule has 0 aromatic heterocycles. The number of alkyl halides is 6. The molecule has 43 heavy (non-hydrogen) atoms. The van der Waals surface area contributed by atoms with Crippen molar-refractivity contribution < 1.29 is 35.8 Å². The minimum Gasteiger partial charge on any atom is -0.484 e. The van der Waals surface area contributed by atoms with Crippen LogP contribution in [0.15, 0.2) is 128 Å². The van der Waals surface area contributed by atoms with Gasteiger partial charge in [-0.05, 0) is 70.4 Å². The number of hydrogen-bond acceptors (Lipinski definition) is 3. The van der Waals surface area contributed by atoms with E-state index in [1.165, 1.54) is 24.3 Å². The molecular weight excluding hydrogens is 568 g/mol. The summed E-state index contributed by atoms with van der Waals surface area (Å²) in [5, 5.41) is 2.08. The van der Waals surface area contributed by atoms with Crippen molar-refractivity contribution in [2.24, 2.45) is 0 Å². The zero-order valence-corrected chi connectivity index (χ0v) is 22.6.